The van der Waals surface area contributed by atoms with Crippen molar-refractivity contribution in [2.45, 2.75) is 39.7 Å². The normalized spacial score (nSPS) is 12.0. The van der Waals surface area contributed by atoms with Gasteiger partial charge in [-0.3, -0.25) is 9.48 Å². The fourth-order valence-corrected chi connectivity index (χ4v) is 2.14. The zero-order valence-electron chi connectivity index (χ0n) is 12.5. The van der Waals surface area contributed by atoms with Crippen molar-refractivity contribution < 1.29 is 4.79 Å². The summed E-state index contributed by atoms with van der Waals surface area (Å²) in [5.74, 6) is 0.786. The number of hydrogen-bond donors (Lipinski definition) is 3. The van der Waals surface area contributed by atoms with Crippen molar-refractivity contribution in [1.29, 1.82) is 0 Å². The number of hydrogen-bond acceptors (Lipinski definition) is 4. The average Bonchev–Trinajstić information content (AvgIpc) is 2.64. The van der Waals surface area contributed by atoms with Gasteiger partial charge in [0.25, 0.3) is 0 Å². The molecule has 0 fully saturated rings. The topological polar surface area (TPSA) is 85.0 Å². The van der Waals surface area contributed by atoms with Gasteiger partial charge in [0.2, 0.25) is 5.91 Å². The van der Waals surface area contributed by atoms with Gasteiger partial charge in [-0.25, -0.2) is 0 Å². The van der Waals surface area contributed by atoms with Crippen LogP contribution in [0.25, 0.3) is 0 Å². The molecular weight excluding hydrogens is 274 g/mol. The maximum Gasteiger partial charge on any atom is 0.221 e. The number of carbonyl (C=O) groups excluding carboxylic acids is 1. The lowest BCUT2D eigenvalue weighted by Gasteiger charge is -2.12. The van der Waals surface area contributed by atoms with E-state index >= 15 is 0 Å². The van der Waals surface area contributed by atoms with Gasteiger partial charge in [-0.1, -0.05) is 19.1 Å². The van der Waals surface area contributed by atoms with E-state index in [0.717, 1.165) is 23.5 Å². The monoisotopic (exact) mass is 297 g/mol. The smallest absolute Gasteiger partial charge is 0.221 e. The Balaban J connectivity index is 2.58. The van der Waals surface area contributed by atoms with Gasteiger partial charge in [-0.2, -0.15) is 5.10 Å². The predicted octanol–water partition coefficient (Wildman–Crippen LogP) is 1.08. The second kappa shape index (κ2) is 7.23. The predicted molar refractivity (Wildman–Crippen MR) is 84.8 cm³/mol. The Kier molecular flexibility index (Phi) is 5.94. The van der Waals surface area contributed by atoms with Crippen LogP contribution in [0.1, 0.15) is 37.9 Å². The van der Waals surface area contributed by atoms with Crippen molar-refractivity contribution in [2.75, 3.05) is 11.9 Å². The van der Waals surface area contributed by atoms with Crippen LogP contribution in [0, 0.1) is 6.92 Å². The summed E-state index contributed by atoms with van der Waals surface area (Å²) < 4.78 is 1.69. The number of nitrogens with zero attached hydrogens (tertiary/aromatic N) is 2. The first-order valence-corrected chi connectivity index (χ1v) is 7.14. The van der Waals surface area contributed by atoms with Crippen molar-refractivity contribution in [1.82, 2.24) is 15.1 Å². The number of carbonyl (C=O) groups is 1. The van der Waals surface area contributed by atoms with Crippen LogP contribution in [-0.2, 0) is 11.8 Å². The quantitative estimate of drug-likeness (QED) is 0.656. The molecule has 0 aromatic carbocycles. The van der Waals surface area contributed by atoms with Gasteiger partial charge in [0, 0.05) is 26.1 Å². The largest absolute Gasteiger partial charge is 0.389 e. The van der Waals surface area contributed by atoms with Gasteiger partial charge < -0.3 is 16.4 Å². The van der Waals surface area contributed by atoms with Crippen LogP contribution in [0.4, 0.5) is 5.82 Å². The summed E-state index contributed by atoms with van der Waals surface area (Å²) >= 11 is 5.03. The highest BCUT2D eigenvalue weighted by Crippen LogP contribution is 2.18. The summed E-state index contributed by atoms with van der Waals surface area (Å²) in [4.78, 5) is 12.0. The van der Waals surface area contributed by atoms with Gasteiger partial charge in [0.1, 0.15) is 10.8 Å². The average molecular weight is 297 g/mol. The molecule has 1 unspecified atom stereocenters. The fourth-order valence-electron chi connectivity index (χ4n) is 1.90. The molecule has 1 heterocycles. The van der Waals surface area contributed by atoms with Crippen LogP contribution in [0.15, 0.2) is 0 Å². The zero-order chi connectivity index (χ0) is 15.3. The van der Waals surface area contributed by atoms with E-state index in [1.807, 2.05) is 27.8 Å². The third kappa shape index (κ3) is 4.19. The Labute approximate surface area is 125 Å². The number of amides is 1. The van der Waals surface area contributed by atoms with Crippen LogP contribution in [0.5, 0.6) is 0 Å². The highest BCUT2D eigenvalue weighted by atomic mass is 32.1. The Hall–Kier alpha value is -1.63. The molecule has 0 saturated carbocycles. The molecule has 0 aliphatic rings. The number of aryl methyl sites for hydroxylation is 2. The van der Waals surface area contributed by atoms with E-state index in [-0.39, 0.29) is 11.9 Å². The standard InChI is InChI=1S/C13H23N5OS/c1-5-8(2)16-10(19)6-7-15-13-11(12(14)20)9(3)17-18(13)4/h8,15H,5-7H2,1-4H3,(H2,14,20)(H,16,19). The highest BCUT2D eigenvalue weighted by molar-refractivity contribution is 7.80. The van der Waals surface area contributed by atoms with E-state index in [9.17, 15) is 4.79 Å². The molecule has 1 rings (SSSR count). The lowest BCUT2D eigenvalue weighted by atomic mass is 10.2. The number of aromatic nitrogens is 2. The van der Waals surface area contributed by atoms with Gasteiger partial charge in [-0.15, -0.1) is 0 Å². The number of rotatable bonds is 7. The van der Waals surface area contributed by atoms with Crippen molar-refractivity contribution in [3.8, 4) is 0 Å². The summed E-state index contributed by atoms with van der Waals surface area (Å²) in [7, 11) is 1.82. The Morgan fingerprint density at radius 3 is 2.75 bits per heavy atom. The van der Waals surface area contributed by atoms with E-state index in [1.54, 1.807) is 4.68 Å². The molecule has 0 aliphatic heterocycles. The summed E-state index contributed by atoms with van der Waals surface area (Å²) in [5.41, 5.74) is 7.23. The Bertz CT molecular complexity index is 497. The molecule has 0 saturated heterocycles. The first kappa shape index (κ1) is 16.4. The first-order chi connectivity index (χ1) is 9.36. The minimum atomic E-state index is 0.0302. The van der Waals surface area contributed by atoms with Crippen LogP contribution < -0.4 is 16.4 Å². The molecule has 1 amide bonds. The van der Waals surface area contributed by atoms with E-state index < -0.39 is 0 Å². The molecule has 0 spiro atoms. The molecule has 0 radical (unpaired) electrons. The molecule has 0 bridgehead atoms. The third-order valence-electron chi connectivity index (χ3n) is 3.13. The van der Waals surface area contributed by atoms with Crippen molar-refractivity contribution >= 4 is 28.9 Å². The maximum absolute atomic E-state index is 11.7. The molecule has 20 heavy (non-hydrogen) atoms. The third-order valence-corrected chi connectivity index (χ3v) is 3.34. The van der Waals surface area contributed by atoms with Crippen molar-refractivity contribution in [3.05, 3.63) is 11.3 Å². The number of nitrogens with two attached hydrogens (primary N) is 1. The molecule has 1 aromatic heterocycles. The Morgan fingerprint density at radius 2 is 2.20 bits per heavy atom. The van der Waals surface area contributed by atoms with Gasteiger partial charge in [0.15, 0.2) is 0 Å². The molecule has 0 aliphatic carbocycles. The number of nitrogens with one attached hydrogen (secondary N) is 2. The lowest BCUT2D eigenvalue weighted by molar-refractivity contribution is -0.121. The molecule has 112 valence electrons. The zero-order valence-corrected chi connectivity index (χ0v) is 13.3. The number of thiocarbonyl (C=S) groups is 1. The van der Waals surface area contributed by atoms with Crippen LogP contribution >= 0.6 is 12.2 Å². The van der Waals surface area contributed by atoms with E-state index in [2.05, 4.69) is 15.7 Å². The first-order valence-electron chi connectivity index (χ1n) is 6.73. The van der Waals surface area contributed by atoms with Crippen LogP contribution in [0.3, 0.4) is 0 Å². The molecule has 4 N–H and O–H groups in total. The minimum absolute atomic E-state index is 0.0302. The van der Waals surface area contributed by atoms with E-state index in [1.165, 1.54) is 0 Å². The van der Waals surface area contributed by atoms with E-state index in [4.69, 9.17) is 18.0 Å². The van der Waals surface area contributed by atoms with Crippen molar-refractivity contribution in [3.63, 3.8) is 0 Å². The van der Waals surface area contributed by atoms with Gasteiger partial charge >= 0.3 is 0 Å². The number of anilines is 1. The lowest BCUT2D eigenvalue weighted by Crippen LogP contribution is -2.33. The highest BCUT2D eigenvalue weighted by Gasteiger charge is 2.15. The van der Waals surface area contributed by atoms with E-state index in [0.29, 0.717) is 18.0 Å². The van der Waals surface area contributed by atoms with Gasteiger partial charge in [-0.05, 0) is 20.3 Å². The molecular formula is C13H23N5OS. The summed E-state index contributed by atoms with van der Waals surface area (Å²) in [6.07, 6.45) is 1.32. The summed E-state index contributed by atoms with van der Waals surface area (Å²) in [5, 5.41) is 10.4. The molecule has 1 aromatic rings. The fraction of sp³-hybridized carbons (Fsp3) is 0.615. The van der Waals surface area contributed by atoms with Crippen molar-refractivity contribution in [2.24, 2.45) is 12.8 Å². The summed E-state index contributed by atoms with van der Waals surface area (Å²) in [6, 6.07) is 0.202. The summed E-state index contributed by atoms with van der Waals surface area (Å²) in [6.45, 7) is 6.39. The molecule has 1 atom stereocenters. The van der Waals surface area contributed by atoms with Gasteiger partial charge in [0.05, 0.1) is 11.3 Å². The molecule has 6 nitrogen and oxygen atoms in total. The maximum atomic E-state index is 11.7. The SMILES string of the molecule is CCC(C)NC(=O)CCNc1c(C(N)=S)c(C)nn1C. The minimum Gasteiger partial charge on any atom is -0.389 e. The van der Waals surface area contributed by atoms with Crippen LogP contribution in [-0.4, -0.2) is 33.3 Å². The molecule has 7 heteroatoms. The second-order valence-corrected chi connectivity index (χ2v) is 5.29. The van der Waals surface area contributed by atoms with Crippen LogP contribution in [0.2, 0.25) is 0 Å². The second-order valence-electron chi connectivity index (χ2n) is 4.85. The Morgan fingerprint density at radius 1 is 1.55 bits per heavy atom.